The summed E-state index contributed by atoms with van der Waals surface area (Å²) in [7, 11) is 0. The highest BCUT2D eigenvalue weighted by Crippen LogP contribution is 2.30. The molecule has 2 aromatic rings. The predicted octanol–water partition coefficient (Wildman–Crippen LogP) is 3.10. The van der Waals surface area contributed by atoms with Crippen LogP contribution in [0.5, 0.6) is 11.5 Å². The second kappa shape index (κ2) is 8.58. The van der Waals surface area contributed by atoms with Gasteiger partial charge in [0, 0.05) is 19.5 Å². The lowest BCUT2D eigenvalue weighted by atomic mass is 10.1. The van der Waals surface area contributed by atoms with Crippen molar-refractivity contribution in [3.8, 4) is 11.5 Å². The number of hydrogen-bond donors (Lipinski definition) is 1. The van der Waals surface area contributed by atoms with Gasteiger partial charge in [0.1, 0.15) is 6.61 Å². The van der Waals surface area contributed by atoms with Crippen LogP contribution in [-0.4, -0.2) is 35.0 Å². The highest BCUT2D eigenvalue weighted by Gasteiger charge is 2.34. The quantitative estimate of drug-likeness (QED) is 0.774. The third kappa shape index (κ3) is 4.78. The van der Waals surface area contributed by atoms with Gasteiger partial charge in [-0.05, 0) is 30.2 Å². The van der Waals surface area contributed by atoms with Gasteiger partial charge in [-0.25, -0.2) is 0 Å². The maximum Gasteiger partial charge on any atom is 0.308 e. The summed E-state index contributed by atoms with van der Waals surface area (Å²) in [5.74, 6) is -0.430. The third-order valence-electron chi connectivity index (χ3n) is 4.48. The zero-order chi connectivity index (χ0) is 19.2. The van der Waals surface area contributed by atoms with Crippen LogP contribution in [0.2, 0.25) is 0 Å². The van der Waals surface area contributed by atoms with Gasteiger partial charge in [0.25, 0.3) is 0 Å². The molecular weight excluding hydrogens is 346 g/mol. The number of carboxylic acid groups (broad SMARTS) is 1. The summed E-state index contributed by atoms with van der Waals surface area (Å²) in [6.07, 6.45) is 0.0614. The number of rotatable bonds is 8. The fourth-order valence-corrected chi connectivity index (χ4v) is 3.08. The van der Waals surface area contributed by atoms with Crippen molar-refractivity contribution in [2.24, 2.45) is 5.92 Å². The van der Waals surface area contributed by atoms with E-state index in [1.54, 1.807) is 4.90 Å². The highest BCUT2D eigenvalue weighted by molar-refractivity contribution is 5.86. The van der Waals surface area contributed by atoms with E-state index in [4.69, 9.17) is 14.6 Å². The van der Waals surface area contributed by atoms with Gasteiger partial charge in [0.2, 0.25) is 5.91 Å². The number of aliphatic carboxylic acids is 1. The molecule has 1 atom stereocenters. The number of nitrogens with zero attached hydrogens (tertiary/aromatic N) is 1. The van der Waals surface area contributed by atoms with E-state index in [1.165, 1.54) is 0 Å². The molecular formula is C21H23NO5. The Kier molecular flexibility index (Phi) is 5.96. The molecule has 0 aliphatic carbocycles. The number of hydrogen-bond acceptors (Lipinski definition) is 4. The van der Waals surface area contributed by atoms with Crippen LogP contribution in [0.1, 0.15) is 24.5 Å². The average Bonchev–Trinajstić information content (AvgIpc) is 3.03. The number of carbonyl (C=O) groups is 2. The molecule has 27 heavy (non-hydrogen) atoms. The van der Waals surface area contributed by atoms with Crippen molar-refractivity contribution in [1.29, 1.82) is 0 Å². The maximum atomic E-state index is 12.0. The van der Waals surface area contributed by atoms with Crippen LogP contribution in [0.3, 0.4) is 0 Å². The fourth-order valence-electron chi connectivity index (χ4n) is 3.08. The van der Waals surface area contributed by atoms with Crippen LogP contribution in [-0.2, 0) is 22.7 Å². The lowest BCUT2D eigenvalue weighted by molar-refractivity contribution is -0.141. The van der Waals surface area contributed by atoms with E-state index in [-0.39, 0.29) is 18.9 Å². The van der Waals surface area contributed by atoms with Crippen molar-refractivity contribution in [3.05, 3.63) is 59.7 Å². The number of amides is 1. The van der Waals surface area contributed by atoms with E-state index in [2.05, 4.69) is 0 Å². The van der Waals surface area contributed by atoms with Crippen molar-refractivity contribution in [1.82, 2.24) is 4.90 Å². The minimum atomic E-state index is -0.925. The molecule has 1 fully saturated rings. The zero-order valence-corrected chi connectivity index (χ0v) is 15.3. The van der Waals surface area contributed by atoms with Crippen LogP contribution in [0.25, 0.3) is 0 Å². The van der Waals surface area contributed by atoms with E-state index in [0.717, 1.165) is 11.1 Å². The highest BCUT2D eigenvalue weighted by atomic mass is 16.5. The molecule has 1 saturated heterocycles. The zero-order valence-electron chi connectivity index (χ0n) is 15.3. The molecule has 0 spiro atoms. The first-order valence-corrected chi connectivity index (χ1v) is 9.00. The normalized spacial score (nSPS) is 16.4. The van der Waals surface area contributed by atoms with Gasteiger partial charge in [-0.15, -0.1) is 0 Å². The smallest absolute Gasteiger partial charge is 0.308 e. The van der Waals surface area contributed by atoms with Gasteiger partial charge < -0.3 is 19.5 Å². The topological polar surface area (TPSA) is 76.1 Å². The lowest BCUT2D eigenvalue weighted by Gasteiger charge is -2.18. The standard InChI is InChI=1S/C21H23NO5/c1-2-26-19-10-16(12-22-13-17(21(24)25)11-20(22)23)8-9-18(19)27-14-15-6-4-3-5-7-15/h3-10,17H,2,11-14H2,1H3,(H,24,25)/t17-/m1/s1. The Hall–Kier alpha value is -3.02. The summed E-state index contributed by atoms with van der Waals surface area (Å²) in [4.78, 5) is 24.7. The van der Waals surface area contributed by atoms with Crippen molar-refractivity contribution in [2.75, 3.05) is 13.2 Å². The molecule has 1 aliphatic rings. The largest absolute Gasteiger partial charge is 0.490 e. The Labute approximate surface area is 158 Å². The number of carboxylic acids is 1. The molecule has 6 nitrogen and oxygen atoms in total. The number of benzene rings is 2. The first-order chi connectivity index (χ1) is 13.1. The fraction of sp³-hybridized carbons (Fsp3) is 0.333. The summed E-state index contributed by atoms with van der Waals surface area (Å²) < 4.78 is 11.6. The maximum absolute atomic E-state index is 12.0. The van der Waals surface area contributed by atoms with Gasteiger partial charge in [-0.3, -0.25) is 9.59 Å². The molecule has 1 amide bonds. The van der Waals surface area contributed by atoms with E-state index in [0.29, 0.717) is 31.3 Å². The molecule has 1 heterocycles. The molecule has 1 N–H and O–H groups in total. The van der Waals surface area contributed by atoms with E-state index in [9.17, 15) is 9.59 Å². The Morgan fingerprint density at radius 3 is 2.56 bits per heavy atom. The van der Waals surface area contributed by atoms with Crippen molar-refractivity contribution >= 4 is 11.9 Å². The van der Waals surface area contributed by atoms with E-state index >= 15 is 0 Å². The van der Waals surface area contributed by atoms with E-state index in [1.807, 2.05) is 55.5 Å². The molecule has 2 aromatic carbocycles. The van der Waals surface area contributed by atoms with Crippen molar-refractivity contribution in [2.45, 2.75) is 26.5 Å². The lowest BCUT2D eigenvalue weighted by Crippen LogP contribution is -2.25. The first-order valence-electron chi connectivity index (χ1n) is 9.00. The summed E-state index contributed by atoms with van der Waals surface area (Å²) in [5, 5.41) is 9.10. The Bertz CT molecular complexity index is 805. The molecule has 142 valence electrons. The van der Waals surface area contributed by atoms with Crippen molar-refractivity contribution < 1.29 is 24.2 Å². The predicted molar refractivity (Wildman–Crippen MR) is 99.5 cm³/mol. The number of likely N-dealkylation sites (tertiary alicyclic amines) is 1. The Morgan fingerprint density at radius 1 is 1.11 bits per heavy atom. The average molecular weight is 369 g/mol. The number of carbonyl (C=O) groups excluding carboxylic acids is 1. The summed E-state index contributed by atoms with van der Waals surface area (Å²) in [6, 6.07) is 15.4. The van der Waals surface area contributed by atoms with Crippen LogP contribution in [0, 0.1) is 5.92 Å². The molecule has 0 saturated carbocycles. The van der Waals surface area contributed by atoms with Gasteiger partial charge in [0.15, 0.2) is 11.5 Å². The Balaban J connectivity index is 1.69. The SMILES string of the molecule is CCOc1cc(CN2C[C@H](C(=O)O)CC2=O)ccc1OCc1ccccc1. The van der Waals surface area contributed by atoms with Gasteiger partial charge in [0.05, 0.1) is 12.5 Å². The summed E-state index contributed by atoms with van der Waals surface area (Å²) in [6.45, 7) is 3.43. The summed E-state index contributed by atoms with van der Waals surface area (Å²) in [5.41, 5.74) is 1.94. The van der Waals surface area contributed by atoms with Crippen LogP contribution < -0.4 is 9.47 Å². The number of ether oxygens (including phenoxy) is 2. The molecule has 1 aliphatic heterocycles. The van der Waals surface area contributed by atoms with Crippen LogP contribution in [0.4, 0.5) is 0 Å². The van der Waals surface area contributed by atoms with Crippen LogP contribution >= 0.6 is 0 Å². The third-order valence-corrected chi connectivity index (χ3v) is 4.48. The molecule has 6 heteroatoms. The minimum absolute atomic E-state index is 0.0614. The molecule has 0 radical (unpaired) electrons. The van der Waals surface area contributed by atoms with E-state index < -0.39 is 11.9 Å². The summed E-state index contributed by atoms with van der Waals surface area (Å²) >= 11 is 0. The molecule has 0 aromatic heterocycles. The second-order valence-electron chi connectivity index (χ2n) is 6.50. The van der Waals surface area contributed by atoms with Crippen molar-refractivity contribution in [3.63, 3.8) is 0 Å². The first kappa shape index (κ1) is 18.8. The Morgan fingerprint density at radius 2 is 1.89 bits per heavy atom. The second-order valence-corrected chi connectivity index (χ2v) is 6.50. The molecule has 3 rings (SSSR count). The minimum Gasteiger partial charge on any atom is -0.490 e. The monoisotopic (exact) mass is 369 g/mol. The van der Waals surface area contributed by atoms with Crippen LogP contribution in [0.15, 0.2) is 48.5 Å². The molecule has 0 unspecified atom stereocenters. The molecule has 0 bridgehead atoms. The van der Waals surface area contributed by atoms with Gasteiger partial charge in [-0.1, -0.05) is 36.4 Å². The van der Waals surface area contributed by atoms with Gasteiger partial charge >= 0.3 is 5.97 Å². The van der Waals surface area contributed by atoms with Gasteiger partial charge in [-0.2, -0.15) is 0 Å².